The molecule has 8 heteroatoms. The van der Waals surface area contributed by atoms with Gasteiger partial charge in [-0.15, -0.1) is 0 Å². The molecule has 2 atom stereocenters. The maximum Gasteiger partial charge on any atom is 0.308 e. The Bertz CT molecular complexity index is 660. The Hall–Kier alpha value is -1.93. The van der Waals surface area contributed by atoms with Crippen molar-refractivity contribution in [2.75, 3.05) is 6.54 Å². The second kappa shape index (κ2) is 7.56. The van der Waals surface area contributed by atoms with Crippen molar-refractivity contribution in [1.29, 1.82) is 0 Å². The first kappa shape index (κ1) is 17.4. The number of amides is 1. The van der Waals surface area contributed by atoms with Crippen LogP contribution < -0.4 is 10.0 Å². The molecular weight excluding hydrogens is 320 g/mol. The minimum absolute atomic E-state index is 0.0328. The van der Waals surface area contributed by atoms with Gasteiger partial charge >= 0.3 is 5.97 Å². The minimum Gasteiger partial charge on any atom is -0.481 e. The summed E-state index contributed by atoms with van der Waals surface area (Å²) in [6.45, 7) is -0.0342. The van der Waals surface area contributed by atoms with E-state index < -0.39 is 21.9 Å². The zero-order valence-corrected chi connectivity index (χ0v) is 13.4. The molecule has 1 aliphatic carbocycles. The number of benzene rings is 1. The van der Waals surface area contributed by atoms with Gasteiger partial charge in [0.1, 0.15) is 0 Å². The van der Waals surface area contributed by atoms with Gasteiger partial charge in [0.15, 0.2) is 0 Å². The van der Waals surface area contributed by atoms with Crippen LogP contribution >= 0.6 is 0 Å². The molecule has 0 spiro atoms. The zero-order chi connectivity index (χ0) is 16.9. The molecule has 3 N–H and O–H groups in total. The predicted octanol–water partition coefficient (Wildman–Crippen LogP) is 0.724. The molecule has 126 valence electrons. The number of carboxylic acids is 1. The van der Waals surface area contributed by atoms with Gasteiger partial charge in [-0.1, -0.05) is 24.6 Å². The van der Waals surface area contributed by atoms with Crippen LogP contribution in [0.4, 0.5) is 0 Å². The molecule has 2 rings (SSSR count). The van der Waals surface area contributed by atoms with Crippen molar-refractivity contribution in [2.45, 2.75) is 36.6 Å². The molecule has 0 aliphatic heterocycles. The average Bonchev–Trinajstić information content (AvgIpc) is 2.96. The maximum absolute atomic E-state index is 12.0. The van der Waals surface area contributed by atoms with Crippen LogP contribution in [0.25, 0.3) is 0 Å². The summed E-state index contributed by atoms with van der Waals surface area (Å²) in [5.41, 5.74) is 0. The van der Waals surface area contributed by atoms with Crippen LogP contribution in [-0.4, -0.2) is 38.0 Å². The Morgan fingerprint density at radius 3 is 2.52 bits per heavy atom. The van der Waals surface area contributed by atoms with Crippen molar-refractivity contribution in [3.63, 3.8) is 0 Å². The van der Waals surface area contributed by atoms with Crippen LogP contribution in [0.1, 0.15) is 25.7 Å². The molecule has 0 unspecified atom stereocenters. The molecule has 1 amide bonds. The van der Waals surface area contributed by atoms with Gasteiger partial charge in [0.05, 0.1) is 10.8 Å². The van der Waals surface area contributed by atoms with E-state index in [9.17, 15) is 18.0 Å². The van der Waals surface area contributed by atoms with Gasteiger partial charge in [0.2, 0.25) is 15.9 Å². The predicted molar refractivity (Wildman–Crippen MR) is 83.2 cm³/mol. The highest BCUT2D eigenvalue weighted by Gasteiger charge is 2.33. The lowest BCUT2D eigenvalue weighted by molar-refractivity contribution is -0.142. The smallest absolute Gasteiger partial charge is 0.308 e. The molecule has 1 aliphatic rings. The summed E-state index contributed by atoms with van der Waals surface area (Å²) in [6.07, 6.45) is 1.93. The number of rotatable bonds is 7. The SMILES string of the molecule is O=C(CCNS(=O)(=O)c1ccccc1)N[C@H]1CCC[C@H]1C(=O)O. The number of aliphatic carboxylic acids is 1. The fourth-order valence-electron chi connectivity index (χ4n) is 2.69. The third kappa shape index (κ3) is 4.77. The van der Waals surface area contributed by atoms with Crippen molar-refractivity contribution >= 4 is 21.9 Å². The zero-order valence-electron chi connectivity index (χ0n) is 12.6. The van der Waals surface area contributed by atoms with E-state index in [-0.39, 0.29) is 29.8 Å². The molecule has 23 heavy (non-hydrogen) atoms. The number of carbonyl (C=O) groups excluding carboxylic acids is 1. The van der Waals surface area contributed by atoms with E-state index in [0.29, 0.717) is 12.8 Å². The number of carboxylic acid groups (broad SMARTS) is 1. The van der Waals surface area contributed by atoms with Crippen molar-refractivity contribution in [1.82, 2.24) is 10.0 Å². The second-order valence-electron chi connectivity index (χ2n) is 5.51. The van der Waals surface area contributed by atoms with E-state index in [4.69, 9.17) is 5.11 Å². The van der Waals surface area contributed by atoms with Crippen molar-refractivity contribution in [2.24, 2.45) is 5.92 Å². The first-order valence-electron chi connectivity index (χ1n) is 7.47. The Morgan fingerprint density at radius 2 is 1.87 bits per heavy atom. The van der Waals surface area contributed by atoms with E-state index in [1.807, 2.05) is 0 Å². The summed E-state index contributed by atoms with van der Waals surface area (Å²) in [4.78, 5) is 23.0. The number of nitrogens with one attached hydrogen (secondary N) is 2. The third-order valence-electron chi connectivity index (χ3n) is 3.88. The van der Waals surface area contributed by atoms with Crippen LogP contribution in [0.3, 0.4) is 0 Å². The largest absolute Gasteiger partial charge is 0.481 e. The van der Waals surface area contributed by atoms with E-state index in [2.05, 4.69) is 10.0 Å². The van der Waals surface area contributed by atoms with Gasteiger partial charge in [-0.05, 0) is 25.0 Å². The minimum atomic E-state index is -3.63. The molecular formula is C15H20N2O5S. The van der Waals surface area contributed by atoms with Gasteiger partial charge in [-0.3, -0.25) is 9.59 Å². The van der Waals surface area contributed by atoms with Crippen molar-refractivity contribution < 1.29 is 23.1 Å². The fraction of sp³-hybridized carbons (Fsp3) is 0.467. The average molecular weight is 340 g/mol. The Labute approximate surface area is 135 Å². The van der Waals surface area contributed by atoms with Gasteiger partial charge in [0, 0.05) is 19.0 Å². The Balaban J connectivity index is 1.80. The summed E-state index contributed by atoms with van der Waals surface area (Å²) in [5, 5.41) is 11.7. The second-order valence-corrected chi connectivity index (χ2v) is 7.28. The van der Waals surface area contributed by atoms with E-state index in [0.717, 1.165) is 6.42 Å². The van der Waals surface area contributed by atoms with Crippen LogP contribution in [0.5, 0.6) is 0 Å². The summed E-state index contributed by atoms with van der Waals surface area (Å²) in [7, 11) is -3.63. The third-order valence-corrected chi connectivity index (χ3v) is 5.35. The molecule has 1 saturated carbocycles. The molecule has 1 aromatic rings. The molecule has 1 fully saturated rings. The Morgan fingerprint density at radius 1 is 1.17 bits per heavy atom. The highest BCUT2D eigenvalue weighted by Crippen LogP contribution is 2.25. The molecule has 0 bridgehead atoms. The molecule has 1 aromatic carbocycles. The number of carbonyl (C=O) groups is 2. The topological polar surface area (TPSA) is 113 Å². The van der Waals surface area contributed by atoms with E-state index >= 15 is 0 Å². The van der Waals surface area contributed by atoms with Crippen molar-refractivity contribution in [3.05, 3.63) is 30.3 Å². The summed E-state index contributed by atoms with van der Waals surface area (Å²) in [5.74, 6) is -1.81. The monoisotopic (exact) mass is 340 g/mol. The molecule has 0 aromatic heterocycles. The van der Waals surface area contributed by atoms with Crippen LogP contribution in [-0.2, 0) is 19.6 Å². The van der Waals surface area contributed by atoms with Crippen LogP contribution in [0, 0.1) is 5.92 Å². The lowest BCUT2D eigenvalue weighted by Gasteiger charge is -2.17. The number of hydrogen-bond donors (Lipinski definition) is 3. The number of hydrogen-bond acceptors (Lipinski definition) is 4. The van der Waals surface area contributed by atoms with Crippen LogP contribution in [0.2, 0.25) is 0 Å². The molecule has 0 radical (unpaired) electrons. The maximum atomic E-state index is 12.0. The Kier molecular flexibility index (Phi) is 5.73. The van der Waals surface area contributed by atoms with Crippen molar-refractivity contribution in [3.8, 4) is 0 Å². The normalized spacial score (nSPS) is 21.0. The summed E-state index contributed by atoms with van der Waals surface area (Å²) >= 11 is 0. The van der Waals surface area contributed by atoms with Gasteiger partial charge in [-0.25, -0.2) is 13.1 Å². The quantitative estimate of drug-likeness (QED) is 0.677. The lowest BCUT2D eigenvalue weighted by atomic mass is 10.0. The van der Waals surface area contributed by atoms with E-state index in [1.54, 1.807) is 18.2 Å². The van der Waals surface area contributed by atoms with Gasteiger partial charge in [0.25, 0.3) is 0 Å². The number of sulfonamides is 1. The van der Waals surface area contributed by atoms with Crippen LogP contribution in [0.15, 0.2) is 35.2 Å². The molecule has 0 saturated heterocycles. The molecule has 7 nitrogen and oxygen atoms in total. The fourth-order valence-corrected chi connectivity index (χ4v) is 3.74. The van der Waals surface area contributed by atoms with Gasteiger partial charge in [-0.2, -0.15) is 0 Å². The van der Waals surface area contributed by atoms with E-state index in [1.165, 1.54) is 12.1 Å². The first-order valence-corrected chi connectivity index (χ1v) is 8.95. The summed E-state index contributed by atoms with van der Waals surface area (Å²) in [6, 6.07) is 7.52. The molecule has 0 heterocycles. The highest BCUT2D eigenvalue weighted by molar-refractivity contribution is 7.89. The standard InChI is InChI=1S/C15H20N2O5S/c18-14(17-13-8-4-7-12(13)15(19)20)9-10-16-23(21,22)11-5-2-1-3-6-11/h1-3,5-6,12-13,16H,4,7-10H2,(H,17,18)(H,19,20)/t12-,13+/m1/s1. The first-order chi connectivity index (χ1) is 10.9. The summed E-state index contributed by atoms with van der Waals surface area (Å²) < 4.78 is 26.3. The highest BCUT2D eigenvalue weighted by atomic mass is 32.2. The lowest BCUT2D eigenvalue weighted by Crippen LogP contribution is -2.41. The van der Waals surface area contributed by atoms with Gasteiger partial charge < -0.3 is 10.4 Å².